The first-order valence-corrected chi connectivity index (χ1v) is 6.22. The number of hydroxylamine groups is 2. The standard InChI is InChI=1S/C13H13F3N2O3/c14-13(15,16)12(20)21-18-7-10(8-18)11(19)17-6-9-4-2-1-3-5-9/h1-5,10H,6-8H2,(H,17,19). The number of hydrogen-bond acceptors (Lipinski definition) is 4. The van der Waals surface area contributed by atoms with Gasteiger partial charge in [-0.25, -0.2) is 4.79 Å². The molecule has 1 aromatic rings. The third-order valence-electron chi connectivity index (χ3n) is 2.97. The summed E-state index contributed by atoms with van der Waals surface area (Å²) in [6.07, 6.45) is -5.03. The van der Waals surface area contributed by atoms with Gasteiger partial charge in [-0.05, 0) is 5.56 Å². The fraction of sp³-hybridized carbons (Fsp3) is 0.385. The summed E-state index contributed by atoms with van der Waals surface area (Å²) in [5, 5.41) is 3.50. The van der Waals surface area contributed by atoms with Gasteiger partial charge in [-0.15, -0.1) is 5.06 Å². The molecule has 114 valence electrons. The van der Waals surface area contributed by atoms with Crippen molar-refractivity contribution in [3.8, 4) is 0 Å². The van der Waals surface area contributed by atoms with E-state index in [1.807, 2.05) is 30.3 Å². The van der Waals surface area contributed by atoms with Crippen molar-refractivity contribution in [3.05, 3.63) is 35.9 Å². The Morgan fingerprint density at radius 2 is 1.86 bits per heavy atom. The van der Waals surface area contributed by atoms with Crippen molar-refractivity contribution in [2.45, 2.75) is 12.7 Å². The number of nitrogens with one attached hydrogen (secondary N) is 1. The molecule has 1 fully saturated rings. The zero-order valence-electron chi connectivity index (χ0n) is 10.9. The Morgan fingerprint density at radius 1 is 1.24 bits per heavy atom. The van der Waals surface area contributed by atoms with E-state index >= 15 is 0 Å². The average molecular weight is 302 g/mol. The van der Waals surface area contributed by atoms with Crippen molar-refractivity contribution < 1.29 is 27.6 Å². The number of benzene rings is 1. The van der Waals surface area contributed by atoms with E-state index in [4.69, 9.17) is 0 Å². The van der Waals surface area contributed by atoms with Gasteiger partial charge in [-0.3, -0.25) is 4.79 Å². The van der Waals surface area contributed by atoms with Crippen LogP contribution in [0.4, 0.5) is 13.2 Å². The maximum atomic E-state index is 12.0. The second kappa shape index (κ2) is 6.13. The second-order valence-corrected chi connectivity index (χ2v) is 4.62. The molecule has 1 saturated heterocycles. The first-order chi connectivity index (χ1) is 9.86. The summed E-state index contributed by atoms with van der Waals surface area (Å²) in [5.41, 5.74) is 0.922. The molecule has 0 unspecified atom stereocenters. The summed E-state index contributed by atoms with van der Waals surface area (Å²) >= 11 is 0. The van der Waals surface area contributed by atoms with Gasteiger partial charge in [0.2, 0.25) is 5.91 Å². The van der Waals surface area contributed by atoms with E-state index < -0.39 is 18.1 Å². The minimum absolute atomic E-state index is 0.0392. The van der Waals surface area contributed by atoms with Gasteiger partial charge in [0.25, 0.3) is 0 Å². The SMILES string of the molecule is O=C(NCc1ccccc1)C1CN(OC(=O)C(F)(F)F)C1. The zero-order valence-corrected chi connectivity index (χ0v) is 10.9. The van der Waals surface area contributed by atoms with Gasteiger partial charge in [0.15, 0.2) is 0 Å². The summed E-state index contributed by atoms with van der Waals surface area (Å²) in [6, 6.07) is 9.22. The molecule has 1 N–H and O–H groups in total. The lowest BCUT2D eigenvalue weighted by Crippen LogP contribution is -2.54. The van der Waals surface area contributed by atoms with Crippen molar-refractivity contribution >= 4 is 11.9 Å². The molecule has 1 aliphatic heterocycles. The average Bonchev–Trinajstić information content (AvgIpc) is 2.39. The highest BCUT2D eigenvalue weighted by Crippen LogP contribution is 2.22. The first kappa shape index (κ1) is 15.3. The normalized spacial score (nSPS) is 16.1. The van der Waals surface area contributed by atoms with Crippen LogP contribution >= 0.6 is 0 Å². The predicted molar refractivity (Wildman–Crippen MR) is 65.5 cm³/mol. The fourth-order valence-electron chi connectivity index (χ4n) is 1.78. The highest BCUT2D eigenvalue weighted by Gasteiger charge is 2.45. The van der Waals surface area contributed by atoms with Crippen LogP contribution in [-0.2, 0) is 21.0 Å². The van der Waals surface area contributed by atoms with Gasteiger partial charge in [-0.2, -0.15) is 13.2 Å². The minimum atomic E-state index is -5.03. The first-order valence-electron chi connectivity index (χ1n) is 6.22. The summed E-state index contributed by atoms with van der Waals surface area (Å²) < 4.78 is 35.9. The van der Waals surface area contributed by atoms with E-state index in [-0.39, 0.29) is 19.0 Å². The number of alkyl halides is 3. The van der Waals surface area contributed by atoms with Gasteiger partial charge >= 0.3 is 12.1 Å². The number of nitrogens with zero attached hydrogens (tertiary/aromatic N) is 1. The number of carbonyl (C=O) groups excluding carboxylic acids is 2. The highest BCUT2D eigenvalue weighted by molar-refractivity contribution is 5.80. The van der Waals surface area contributed by atoms with E-state index in [2.05, 4.69) is 10.2 Å². The largest absolute Gasteiger partial charge is 0.492 e. The molecular weight excluding hydrogens is 289 g/mol. The smallest absolute Gasteiger partial charge is 0.361 e. The number of rotatable bonds is 4. The van der Waals surface area contributed by atoms with E-state index in [0.29, 0.717) is 6.54 Å². The Kier molecular flexibility index (Phi) is 4.46. The Labute approximate surface area is 118 Å². The fourth-order valence-corrected chi connectivity index (χ4v) is 1.78. The molecule has 0 bridgehead atoms. The van der Waals surface area contributed by atoms with Crippen LogP contribution in [0.3, 0.4) is 0 Å². The van der Waals surface area contributed by atoms with E-state index in [1.165, 1.54) is 0 Å². The van der Waals surface area contributed by atoms with E-state index in [9.17, 15) is 22.8 Å². The molecule has 5 nitrogen and oxygen atoms in total. The van der Waals surface area contributed by atoms with Crippen molar-refractivity contribution in [2.24, 2.45) is 5.92 Å². The lowest BCUT2D eigenvalue weighted by atomic mass is 10.0. The molecule has 1 amide bonds. The van der Waals surface area contributed by atoms with Crippen LogP contribution in [0.25, 0.3) is 0 Å². The molecule has 21 heavy (non-hydrogen) atoms. The second-order valence-electron chi connectivity index (χ2n) is 4.62. The van der Waals surface area contributed by atoms with Gasteiger partial charge < -0.3 is 10.2 Å². The third kappa shape index (κ3) is 4.19. The van der Waals surface area contributed by atoms with E-state index in [0.717, 1.165) is 10.6 Å². The van der Waals surface area contributed by atoms with E-state index in [1.54, 1.807) is 0 Å². The van der Waals surface area contributed by atoms with Crippen LogP contribution in [0.5, 0.6) is 0 Å². The molecule has 1 heterocycles. The number of hydrogen-bond donors (Lipinski definition) is 1. The maximum Gasteiger partial charge on any atom is 0.492 e. The van der Waals surface area contributed by atoms with Crippen LogP contribution in [0.2, 0.25) is 0 Å². The summed E-state index contributed by atoms with van der Waals surface area (Å²) in [7, 11) is 0. The molecule has 8 heteroatoms. The monoisotopic (exact) mass is 302 g/mol. The quantitative estimate of drug-likeness (QED) is 0.909. The van der Waals surface area contributed by atoms with Crippen molar-refractivity contribution in [2.75, 3.05) is 13.1 Å². The minimum Gasteiger partial charge on any atom is -0.361 e. The lowest BCUT2D eigenvalue weighted by molar-refractivity contribution is -0.257. The van der Waals surface area contributed by atoms with Crippen molar-refractivity contribution in [1.82, 2.24) is 10.4 Å². The number of amides is 1. The molecule has 0 aromatic heterocycles. The molecule has 0 spiro atoms. The highest BCUT2D eigenvalue weighted by atomic mass is 19.4. The van der Waals surface area contributed by atoms with Crippen LogP contribution in [0.15, 0.2) is 30.3 Å². The molecule has 0 aliphatic carbocycles. The van der Waals surface area contributed by atoms with Crippen molar-refractivity contribution in [3.63, 3.8) is 0 Å². The Morgan fingerprint density at radius 3 is 2.43 bits per heavy atom. The van der Waals surface area contributed by atoms with Crippen LogP contribution < -0.4 is 5.32 Å². The summed E-state index contributed by atoms with van der Waals surface area (Å²) in [5.74, 6) is -3.03. The molecule has 1 aromatic carbocycles. The van der Waals surface area contributed by atoms with Gasteiger partial charge in [0.05, 0.1) is 5.92 Å². The molecular formula is C13H13F3N2O3. The van der Waals surface area contributed by atoms with Gasteiger partial charge in [0.1, 0.15) is 0 Å². The lowest BCUT2D eigenvalue weighted by Gasteiger charge is -2.35. The molecule has 0 saturated carbocycles. The summed E-state index contributed by atoms with van der Waals surface area (Å²) in [6.45, 7) is 0.267. The summed E-state index contributed by atoms with van der Waals surface area (Å²) in [4.78, 5) is 26.4. The predicted octanol–water partition coefficient (Wildman–Crippen LogP) is 1.26. The Balaban J connectivity index is 1.69. The number of halogens is 3. The molecule has 0 radical (unpaired) electrons. The third-order valence-corrected chi connectivity index (χ3v) is 2.97. The van der Waals surface area contributed by atoms with Crippen molar-refractivity contribution in [1.29, 1.82) is 0 Å². The topological polar surface area (TPSA) is 58.6 Å². The molecule has 2 rings (SSSR count). The van der Waals surface area contributed by atoms with Gasteiger partial charge in [-0.1, -0.05) is 30.3 Å². The Hall–Kier alpha value is -2.09. The zero-order chi connectivity index (χ0) is 15.5. The molecule has 1 aliphatic rings. The maximum absolute atomic E-state index is 12.0. The van der Waals surface area contributed by atoms with Gasteiger partial charge in [0, 0.05) is 19.6 Å². The Bertz CT molecular complexity index is 513. The molecule has 0 atom stereocenters. The van der Waals surface area contributed by atoms with Crippen LogP contribution in [-0.4, -0.2) is 36.2 Å². The number of carbonyl (C=O) groups is 2. The van der Waals surface area contributed by atoms with Crippen LogP contribution in [0, 0.1) is 5.92 Å². The van der Waals surface area contributed by atoms with Crippen LogP contribution in [0.1, 0.15) is 5.56 Å².